The smallest absolute Gasteiger partial charge is 0.106 e. The van der Waals surface area contributed by atoms with Crippen LogP contribution in [0, 0.1) is 0 Å². The molecule has 0 saturated heterocycles. The molecule has 1 heterocycles. The topological polar surface area (TPSA) is 9.23 Å². The number of fused-ring (bicyclic) bond motifs is 3. The summed E-state index contributed by atoms with van der Waals surface area (Å²) < 4.78 is 5.31. The first-order valence-electron chi connectivity index (χ1n) is 5.38. The first-order valence-corrected chi connectivity index (χ1v) is 5.38. The second-order valence-electron chi connectivity index (χ2n) is 4.07. The van der Waals surface area contributed by atoms with Crippen molar-refractivity contribution >= 4 is 12.3 Å². The number of benzene rings is 1. The van der Waals surface area contributed by atoms with Crippen molar-refractivity contribution in [1.29, 1.82) is 0 Å². The van der Waals surface area contributed by atoms with Crippen LogP contribution < -0.4 is 10.4 Å². The highest BCUT2D eigenvalue weighted by molar-refractivity contribution is 5.42. The van der Waals surface area contributed by atoms with Crippen LogP contribution in [0.4, 0.5) is 0 Å². The third-order valence-corrected chi connectivity index (χ3v) is 3.20. The average Bonchev–Trinajstić information content (AvgIpc) is 2.29. The molecule has 1 aliphatic carbocycles. The Morgan fingerprint density at radius 3 is 3.00 bits per heavy atom. The molecule has 0 saturated carbocycles. The van der Waals surface area contributed by atoms with Gasteiger partial charge in [0.1, 0.15) is 6.61 Å². The van der Waals surface area contributed by atoms with Gasteiger partial charge in [0.05, 0.1) is 6.26 Å². The van der Waals surface area contributed by atoms with E-state index in [9.17, 15) is 0 Å². The molecule has 0 spiro atoms. The summed E-state index contributed by atoms with van der Waals surface area (Å²) in [7, 11) is 0. The van der Waals surface area contributed by atoms with Crippen LogP contribution in [0.15, 0.2) is 12.1 Å². The average molecular weight is 186 g/mol. The van der Waals surface area contributed by atoms with Crippen LogP contribution in [0.25, 0.3) is 12.3 Å². The van der Waals surface area contributed by atoms with Crippen LogP contribution in [0.2, 0.25) is 0 Å². The van der Waals surface area contributed by atoms with E-state index in [1.54, 1.807) is 11.1 Å². The summed E-state index contributed by atoms with van der Waals surface area (Å²) in [6.45, 7) is 0.740. The van der Waals surface area contributed by atoms with Crippen LogP contribution >= 0.6 is 0 Å². The van der Waals surface area contributed by atoms with Crippen molar-refractivity contribution in [2.75, 3.05) is 6.61 Å². The lowest BCUT2D eigenvalue weighted by Crippen LogP contribution is -2.34. The molecule has 1 aliphatic heterocycles. The van der Waals surface area contributed by atoms with Crippen molar-refractivity contribution in [3.8, 4) is 0 Å². The van der Waals surface area contributed by atoms with Gasteiger partial charge in [0.25, 0.3) is 0 Å². The van der Waals surface area contributed by atoms with Gasteiger partial charge in [0, 0.05) is 5.22 Å². The standard InChI is InChI=1S/C13H14O/c1-2-4-12-10(3-1)5-6-11-9-14-8-7-13(11)12/h5-7,9H,1-4,8H2. The predicted molar refractivity (Wildman–Crippen MR) is 57.2 cm³/mol. The van der Waals surface area contributed by atoms with Gasteiger partial charge in [0.2, 0.25) is 0 Å². The van der Waals surface area contributed by atoms with Crippen LogP contribution in [-0.4, -0.2) is 6.61 Å². The molecule has 0 aromatic heterocycles. The van der Waals surface area contributed by atoms with Crippen LogP contribution in [0.5, 0.6) is 0 Å². The fourth-order valence-corrected chi connectivity index (χ4v) is 2.49. The fourth-order valence-electron chi connectivity index (χ4n) is 2.49. The minimum Gasteiger partial charge on any atom is -0.496 e. The SMILES string of the molecule is C1=c2ccc3c(c2=CCO1)CCCC3. The number of hydrogen-bond donors (Lipinski definition) is 0. The Bertz CT molecular complexity index is 471. The maximum absolute atomic E-state index is 5.31. The Balaban J connectivity index is 2.33. The van der Waals surface area contributed by atoms with Crippen LogP contribution in [0.3, 0.4) is 0 Å². The molecule has 0 amide bonds. The van der Waals surface area contributed by atoms with E-state index < -0.39 is 0 Å². The predicted octanol–water partition coefficient (Wildman–Crippen LogP) is 1.11. The fraction of sp³-hybridized carbons (Fsp3) is 0.385. The van der Waals surface area contributed by atoms with E-state index in [2.05, 4.69) is 18.2 Å². The summed E-state index contributed by atoms with van der Waals surface area (Å²) >= 11 is 0. The van der Waals surface area contributed by atoms with Gasteiger partial charge in [-0.25, -0.2) is 0 Å². The second-order valence-corrected chi connectivity index (χ2v) is 4.07. The van der Waals surface area contributed by atoms with E-state index in [-0.39, 0.29) is 0 Å². The summed E-state index contributed by atoms with van der Waals surface area (Å²) in [5.41, 5.74) is 3.13. The molecule has 0 bridgehead atoms. The van der Waals surface area contributed by atoms with Crippen LogP contribution in [-0.2, 0) is 17.6 Å². The summed E-state index contributed by atoms with van der Waals surface area (Å²) in [6.07, 6.45) is 9.33. The Kier molecular flexibility index (Phi) is 1.83. The Hall–Kier alpha value is -1.24. The van der Waals surface area contributed by atoms with Crippen molar-refractivity contribution in [3.63, 3.8) is 0 Å². The molecule has 1 nitrogen and oxygen atoms in total. The molecule has 3 rings (SSSR count). The van der Waals surface area contributed by atoms with Gasteiger partial charge >= 0.3 is 0 Å². The zero-order valence-corrected chi connectivity index (χ0v) is 8.25. The molecule has 0 N–H and O–H groups in total. The van der Waals surface area contributed by atoms with E-state index in [0.717, 1.165) is 6.61 Å². The first-order chi connectivity index (χ1) is 6.95. The zero-order chi connectivity index (χ0) is 9.38. The number of hydrogen-bond acceptors (Lipinski definition) is 1. The van der Waals surface area contributed by atoms with Gasteiger partial charge in [-0.3, -0.25) is 0 Å². The summed E-state index contributed by atoms with van der Waals surface area (Å²) in [4.78, 5) is 0. The molecule has 0 atom stereocenters. The Morgan fingerprint density at radius 2 is 2.00 bits per heavy atom. The Morgan fingerprint density at radius 1 is 1.07 bits per heavy atom. The normalized spacial score (nSPS) is 18.3. The van der Waals surface area contributed by atoms with E-state index >= 15 is 0 Å². The molecule has 72 valence electrons. The van der Waals surface area contributed by atoms with E-state index in [1.165, 1.54) is 36.1 Å². The van der Waals surface area contributed by atoms with Crippen molar-refractivity contribution in [3.05, 3.63) is 33.7 Å². The lowest BCUT2D eigenvalue weighted by atomic mass is 9.89. The third-order valence-electron chi connectivity index (χ3n) is 3.20. The lowest BCUT2D eigenvalue weighted by Gasteiger charge is -2.17. The number of rotatable bonds is 0. The van der Waals surface area contributed by atoms with Crippen molar-refractivity contribution in [2.24, 2.45) is 0 Å². The van der Waals surface area contributed by atoms with Crippen LogP contribution in [0.1, 0.15) is 24.0 Å². The lowest BCUT2D eigenvalue weighted by molar-refractivity contribution is 0.346. The molecule has 0 radical (unpaired) electrons. The minimum atomic E-state index is 0.740. The highest BCUT2D eigenvalue weighted by atomic mass is 16.5. The number of ether oxygens (including phenoxy) is 1. The maximum atomic E-state index is 5.31. The van der Waals surface area contributed by atoms with E-state index in [4.69, 9.17) is 4.74 Å². The van der Waals surface area contributed by atoms with Gasteiger partial charge in [-0.15, -0.1) is 0 Å². The van der Waals surface area contributed by atoms with Crippen molar-refractivity contribution in [2.45, 2.75) is 25.7 Å². The number of aryl methyl sites for hydroxylation is 1. The maximum Gasteiger partial charge on any atom is 0.106 e. The highest BCUT2D eigenvalue weighted by Gasteiger charge is 2.11. The molecule has 0 unspecified atom stereocenters. The summed E-state index contributed by atoms with van der Waals surface area (Å²) in [6, 6.07) is 4.46. The molecular formula is C13H14O. The first kappa shape index (κ1) is 8.10. The zero-order valence-electron chi connectivity index (χ0n) is 8.25. The van der Waals surface area contributed by atoms with Gasteiger partial charge in [-0.2, -0.15) is 0 Å². The van der Waals surface area contributed by atoms with E-state index in [1.807, 2.05) is 6.26 Å². The van der Waals surface area contributed by atoms with E-state index in [0.29, 0.717) is 0 Å². The van der Waals surface area contributed by atoms with Gasteiger partial charge in [-0.1, -0.05) is 12.1 Å². The van der Waals surface area contributed by atoms with Gasteiger partial charge in [-0.05, 0) is 48.1 Å². The quantitative estimate of drug-likeness (QED) is 0.590. The monoisotopic (exact) mass is 186 g/mol. The second kappa shape index (κ2) is 3.16. The summed E-state index contributed by atoms with van der Waals surface area (Å²) in [5, 5.41) is 2.70. The molecule has 2 aliphatic rings. The summed E-state index contributed by atoms with van der Waals surface area (Å²) in [5.74, 6) is 0. The van der Waals surface area contributed by atoms with Gasteiger partial charge in [0.15, 0.2) is 0 Å². The third kappa shape index (κ3) is 1.16. The Labute approximate surface area is 83.7 Å². The largest absolute Gasteiger partial charge is 0.496 e. The van der Waals surface area contributed by atoms with Gasteiger partial charge < -0.3 is 4.74 Å². The van der Waals surface area contributed by atoms with Crippen molar-refractivity contribution < 1.29 is 4.74 Å². The molecule has 0 fully saturated rings. The molecule has 1 aromatic carbocycles. The molecule has 1 aromatic rings. The molecule has 14 heavy (non-hydrogen) atoms. The molecule has 1 heteroatoms. The molecular weight excluding hydrogens is 172 g/mol. The minimum absolute atomic E-state index is 0.740. The highest BCUT2D eigenvalue weighted by Crippen LogP contribution is 2.16. The van der Waals surface area contributed by atoms with Crippen molar-refractivity contribution in [1.82, 2.24) is 0 Å².